The van der Waals surface area contributed by atoms with E-state index in [0.717, 1.165) is 29.6 Å². The molecule has 1 amide bonds. The van der Waals surface area contributed by atoms with Gasteiger partial charge in [0.15, 0.2) is 5.82 Å². The van der Waals surface area contributed by atoms with Crippen molar-refractivity contribution in [1.82, 2.24) is 18.8 Å². The van der Waals surface area contributed by atoms with Gasteiger partial charge >= 0.3 is 6.09 Å². The number of aromatic nitrogens is 3. The molecule has 0 saturated heterocycles. The van der Waals surface area contributed by atoms with Gasteiger partial charge < -0.3 is 9.64 Å². The number of hydrogen-bond acceptors (Lipinski definition) is 6. The molecule has 3 rings (SSSR count). The number of carbonyl (C=O) groups is 1. The first kappa shape index (κ1) is 24.6. The minimum atomic E-state index is -4.44. The highest BCUT2D eigenvalue weighted by Crippen LogP contribution is 2.32. The maximum absolute atomic E-state index is 15.5. The maximum atomic E-state index is 15.5. The van der Waals surface area contributed by atoms with Crippen LogP contribution in [-0.4, -0.2) is 46.0 Å². The van der Waals surface area contributed by atoms with Gasteiger partial charge in [-0.05, 0) is 39.0 Å². The van der Waals surface area contributed by atoms with Crippen molar-refractivity contribution in [2.45, 2.75) is 37.8 Å². The maximum Gasteiger partial charge on any atom is 0.410 e. The smallest absolute Gasteiger partial charge is 0.410 e. The second-order valence-corrected chi connectivity index (χ2v) is 10.4. The van der Waals surface area contributed by atoms with E-state index in [1.165, 1.54) is 25.4 Å². The fourth-order valence-corrected chi connectivity index (χ4v) is 4.54. The van der Waals surface area contributed by atoms with Crippen LogP contribution in [0.2, 0.25) is 5.02 Å². The zero-order valence-electron chi connectivity index (χ0n) is 18.2. The number of hydrogen-bond donors (Lipinski definition) is 0. The van der Waals surface area contributed by atoms with Crippen LogP contribution in [0.3, 0.4) is 0 Å². The number of nitrogens with zero attached hydrogens (tertiary/aromatic N) is 4. The van der Waals surface area contributed by atoms with E-state index in [9.17, 15) is 17.6 Å². The first-order valence-electron chi connectivity index (χ1n) is 9.62. The highest BCUT2D eigenvalue weighted by Gasteiger charge is 2.30. The van der Waals surface area contributed by atoms with Crippen LogP contribution in [0.4, 0.5) is 13.6 Å². The SMILES string of the molecule is CN(Cc1cn(S(=O)(=O)c2cncc(Cl)c2)c(-c2cccnc2F)c1F)C(=O)OC(C)(C)C. The van der Waals surface area contributed by atoms with Gasteiger partial charge in [-0.3, -0.25) is 4.98 Å². The summed E-state index contributed by atoms with van der Waals surface area (Å²) in [6, 6.07) is 3.68. The summed E-state index contributed by atoms with van der Waals surface area (Å²) in [5.41, 5.74) is -1.92. The third-order valence-electron chi connectivity index (χ3n) is 4.35. The van der Waals surface area contributed by atoms with Crippen LogP contribution >= 0.6 is 11.6 Å². The van der Waals surface area contributed by atoms with Crippen molar-refractivity contribution in [2.24, 2.45) is 0 Å². The number of pyridine rings is 2. The lowest BCUT2D eigenvalue weighted by Crippen LogP contribution is -2.33. The van der Waals surface area contributed by atoms with Crippen molar-refractivity contribution in [3.8, 4) is 11.3 Å². The van der Waals surface area contributed by atoms with E-state index in [1.54, 1.807) is 20.8 Å². The summed E-state index contributed by atoms with van der Waals surface area (Å²) in [6.45, 7) is 4.67. The van der Waals surface area contributed by atoms with E-state index < -0.39 is 39.2 Å². The number of rotatable bonds is 5. The average molecular weight is 499 g/mol. The normalized spacial score (nSPS) is 12.0. The van der Waals surface area contributed by atoms with Crippen LogP contribution in [0.15, 0.2) is 47.9 Å². The van der Waals surface area contributed by atoms with Crippen LogP contribution in [0.5, 0.6) is 0 Å². The van der Waals surface area contributed by atoms with Gasteiger partial charge in [0.1, 0.15) is 16.2 Å². The Kier molecular flexibility index (Phi) is 6.75. The molecule has 0 atom stereocenters. The molecule has 0 N–H and O–H groups in total. The van der Waals surface area contributed by atoms with E-state index in [1.807, 2.05) is 0 Å². The highest BCUT2D eigenvalue weighted by molar-refractivity contribution is 7.90. The Labute approximate surface area is 194 Å². The van der Waals surface area contributed by atoms with Crippen molar-refractivity contribution in [1.29, 1.82) is 0 Å². The lowest BCUT2D eigenvalue weighted by molar-refractivity contribution is 0.0284. The van der Waals surface area contributed by atoms with Gasteiger partial charge in [-0.2, -0.15) is 4.39 Å². The Balaban J connectivity index is 2.15. The molecule has 12 heteroatoms. The lowest BCUT2D eigenvalue weighted by atomic mass is 10.1. The second-order valence-electron chi connectivity index (χ2n) is 8.13. The monoisotopic (exact) mass is 498 g/mol. The molecule has 0 unspecified atom stereocenters. The van der Waals surface area contributed by atoms with Gasteiger partial charge in [0.05, 0.1) is 17.1 Å². The summed E-state index contributed by atoms with van der Waals surface area (Å²) in [5, 5.41) is 0.0442. The van der Waals surface area contributed by atoms with Gasteiger partial charge in [-0.1, -0.05) is 11.6 Å². The first-order chi connectivity index (χ1) is 15.3. The zero-order chi connectivity index (χ0) is 24.6. The van der Waals surface area contributed by atoms with Crippen molar-refractivity contribution in [3.63, 3.8) is 0 Å². The summed E-state index contributed by atoms with van der Waals surface area (Å²) < 4.78 is 62.5. The first-order valence-corrected chi connectivity index (χ1v) is 11.4. The van der Waals surface area contributed by atoms with Crippen molar-refractivity contribution >= 4 is 27.7 Å². The lowest BCUT2D eigenvalue weighted by Gasteiger charge is -2.24. The molecule has 0 aliphatic rings. The molecule has 3 aromatic rings. The van der Waals surface area contributed by atoms with E-state index in [0.29, 0.717) is 3.97 Å². The summed E-state index contributed by atoms with van der Waals surface area (Å²) in [5.74, 6) is -2.10. The molecule has 33 heavy (non-hydrogen) atoms. The Morgan fingerprint density at radius 2 is 1.97 bits per heavy atom. The molecule has 0 bridgehead atoms. The summed E-state index contributed by atoms with van der Waals surface area (Å²) in [7, 11) is -3.08. The fourth-order valence-electron chi connectivity index (χ4n) is 2.92. The standard InChI is InChI=1S/C21H21ClF2N4O4S/c1-21(2,3)32-20(29)27(4)11-13-12-28(33(30,31)15-8-14(22)9-25-10-15)18(17(13)23)16-6-5-7-26-19(16)24/h5-10,12H,11H2,1-4H3. The molecule has 3 heterocycles. The third kappa shape index (κ3) is 5.31. The second kappa shape index (κ2) is 9.06. The van der Waals surface area contributed by atoms with Gasteiger partial charge in [0.25, 0.3) is 10.0 Å². The minimum absolute atomic E-state index is 0.0442. The number of amides is 1. The van der Waals surface area contributed by atoms with Gasteiger partial charge in [0, 0.05) is 37.4 Å². The molecular formula is C21H21ClF2N4O4S. The van der Waals surface area contributed by atoms with E-state index in [4.69, 9.17) is 16.3 Å². The van der Waals surface area contributed by atoms with Crippen molar-refractivity contribution in [2.75, 3.05) is 7.05 Å². The van der Waals surface area contributed by atoms with E-state index in [-0.39, 0.29) is 27.6 Å². The van der Waals surface area contributed by atoms with Crippen molar-refractivity contribution < 1.29 is 26.7 Å². The van der Waals surface area contributed by atoms with Crippen LogP contribution in [0.25, 0.3) is 11.3 Å². The number of halogens is 3. The Bertz CT molecular complexity index is 1310. The number of ether oxygens (including phenoxy) is 1. The molecule has 0 aliphatic heterocycles. The van der Waals surface area contributed by atoms with E-state index in [2.05, 4.69) is 9.97 Å². The average Bonchev–Trinajstić information content (AvgIpc) is 3.04. The van der Waals surface area contributed by atoms with Crippen molar-refractivity contribution in [3.05, 3.63) is 65.3 Å². The van der Waals surface area contributed by atoms with Gasteiger partial charge in [0.2, 0.25) is 5.95 Å². The molecule has 0 saturated carbocycles. The molecule has 8 nitrogen and oxygen atoms in total. The largest absolute Gasteiger partial charge is 0.444 e. The van der Waals surface area contributed by atoms with Crippen LogP contribution in [0, 0.1) is 11.8 Å². The zero-order valence-corrected chi connectivity index (χ0v) is 19.8. The summed E-state index contributed by atoms with van der Waals surface area (Å²) in [6.07, 6.45) is 3.66. The Morgan fingerprint density at radius 1 is 1.27 bits per heavy atom. The minimum Gasteiger partial charge on any atom is -0.444 e. The van der Waals surface area contributed by atoms with Gasteiger partial charge in [-0.15, -0.1) is 0 Å². The molecule has 0 aliphatic carbocycles. The number of carbonyl (C=O) groups excluding carboxylic acids is 1. The van der Waals surface area contributed by atoms with Crippen LogP contribution < -0.4 is 0 Å². The molecule has 0 fully saturated rings. The molecule has 176 valence electrons. The van der Waals surface area contributed by atoms with Gasteiger partial charge in [-0.25, -0.2) is 26.6 Å². The molecule has 0 spiro atoms. The quantitative estimate of drug-likeness (QED) is 0.481. The predicted octanol–water partition coefficient (Wildman–Crippen LogP) is 4.48. The van der Waals surface area contributed by atoms with Crippen LogP contribution in [0.1, 0.15) is 26.3 Å². The fraction of sp³-hybridized carbons (Fsp3) is 0.286. The third-order valence-corrected chi connectivity index (χ3v) is 6.18. The molecule has 3 aromatic heterocycles. The molecule has 0 aromatic carbocycles. The van der Waals surface area contributed by atoms with E-state index >= 15 is 4.39 Å². The van der Waals surface area contributed by atoms with Crippen LogP contribution in [-0.2, 0) is 21.3 Å². The Hall–Kier alpha value is -3.05. The topological polar surface area (TPSA) is 94.4 Å². The highest BCUT2D eigenvalue weighted by atomic mass is 35.5. The molecule has 0 radical (unpaired) electrons. The summed E-state index contributed by atoms with van der Waals surface area (Å²) >= 11 is 5.87. The molecular weight excluding hydrogens is 478 g/mol. The Morgan fingerprint density at radius 3 is 2.58 bits per heavy atom. The summed E-state index contributed by atoms with van der Waals surface area (Å²) in [4.78, 5) is 20.3. The predicted molar refractivity (Wildman–Crippen MR) is 117 cm³/mol.